The maximum Gasteiger partial charge on any atom is 0.193 e. The van der Waals surface area contributed by atoms with Gasteiger partial charge in [0.15, 0.2) is 5.96 Å². The third-order valence-electron chi connectivity index (χ3n) is 4.91. The lowest BCUT2D eigenvalue weighted by Gasteiger charge is -2.34. The lowest BCUT2D eigenvalue weighted by Crippen LogP contribution is -2.47. The van der Waals surface area contributed by atoms with E-state index in [0.29, 0.717) is 12.0 Å². The number of nitrogens with zero attached hydrogens (tertiary/aromatic N) is 3. The molecule has 1 atom stereocenters. The van der Waals surface area contributed by atoms with Crippen LogP contribution >= 0.6 is 24.0 Å². The van der Waals surface area contributed by atoms with Gasteiger partial charge in [-0.25, -0.2) is 0 Å². The van der Waals surface area contributed by atoms with Crippen molar-refractivity contribution in [3.8, 4) is 0 Å². The summed E-state index contributed by atoms with van der Waals surface area (Å²) in [6, 6.07) is 0. The first-order valence-electron chi connectivity index (χ1n) is 9.55. The number of hydrogen-bond acceptors (Lipinski definition) is 4. The van der Waals surface area contributed by atoms with Gasteiger partial charge in [0.05, 0.1) is 6.10 Å². The van der Waals surface area contributed by atoms with Gasteiger partial charge in [-0.15, -0.1) is 24.0 Å². The fourth-order valence-corrected chi connectivity index (χ4v) is 3.50. The van der Waals surface area contributed by atoms with Crippen LogP contribution in [-0.2, 0) is 9.47 Å². The van der Waals surface area contributed by atoms with E-state index in [1.165, 1.54) is 19.5 Å². The number of rotatable bonds is 8. The van der Waals surface area contributed by atoms with Crippen molar-refractivity contribution in [2.75, 3.05) is 66.6 Å². The Hall–Kier alpha value is -0.120. The number of halogens is 1. The number of nitrogens with one attached hydrogen (secondary N) is 1. The van der Waals surface area contributed by atoms with Crippen molar-refractivity contribution in [2.45, 2.75) is 38.7 Å². The zero-order valence-electron chi connectivity index (χ0n) is 16.2. The van der Waals surface area contributed by atoms with Gasteiger partial charge >= 0.3 is 0 Å². The Morgan fingerprint density at radius 3 is 2.52 bits per heavy atom. The minimum absolute atomic E-state index is 0. The number of guanidine groups is 1. The SMILES string of the molecule is CCNC(=NCC1CCN(C)C1)N1CCC(OCCCOC)CC1.I. The molecule has 2 aliphatic heterocycles. The number of hydrogen-bond donors (Lipinski definition) is 1. The predicted molar refractivity (Wildman–Crippen MR) is 114 cm³/mol. The number of methoxy groups -OCH3 is 1. The summed E-state index contributed by atoms with van der Waals surface area (Å²) in [5.74, 6) is 1.80. The molecule has 2 fully saturated rings. The Kier molecular flexibility index (Phi) is 12.0. The van der Waals surface area contributed by atoms with Crippen LogP contribution in [0.1, 0.15) is 32.6 Å². The molecule has 148 valence electrons. The first-order valence-corrected chi connectivity index (χ1v) is 9.55. The van der Waals surface area contributed by atoms with Crippen LogP contribution < -0.4 is 5.32 Å². The van der Waals surface area contributed by atoms with E-state index in [1.807, 2.05) is 0 Å². The van der Waals surface area contributed by atoms with Crippen LogP contribution in [0.4, 0.5) is 0 Å². The second-order valence-electron chi connectivity index (χ2n) is 7.02. The van der Waals surface area contributed by atoms with Gasteiger partial charge in [0, 0.05) is 53.0 Å². The fourth-order valence-electron chi connectivity index (χ4n) is 3.50. The minimum atomic E-state index is 0. The summed E-state index contributed by atoms with van der Waals surface area (Å²) in [7, 11) is 3.94. The second kappa shape index (κ2) is 13.1. The number of aliphatic imine (C=N–C) groups is 1. The first kappa shape index (κ1) is 22.9. The van der Waals surface area contributed by atoms with Crippen LogP contribution in [0.15, 0.2) is 4.99 Å². The van der Waals surface area contributed by atoms with Crippen molar-refractivity contribution >= 4 is 29.9 Å². The van der Waals surface area contributed by atoms with Crippen LogP contribution in [0.25, 0.3) is 0 Å². The number of ether oxygens (including phenoxy) is 2. The van der Waals surface area contributed by atoms with Crippen LogP contribution in [0.3, 0.4) is 0 Å². The molecule has 2 heterocycles. The largest absolute Gasteiger partial charge is 0.385 e. The van der Waals surface area contributed by atoms with E-state index < -0.39 is 0 Å². The fraction of sp³-hybridized carbons (Fsp3) is 0.944. The van der Waals surface area contributed by atoms with Crippen molar-refractivity contribution < 1.29 is 9.47 Å². The molecule has 7 heteroatoms. The van der Waals surface area contributed by atoms with E-state index in [1.54, 1.807) is 7.11 Å². The van der Waals surface area contributed by atoms with Crippen molar-refractivity contribution in [3.05, 3.63) is 0 Å². The van der Waals surface area contributed by atoms with E-state index in [0.717, 1.165) is 64.6 Å². The third kappa shape index (κ3) is 8.41. The van der Waals surface area contributed by atoms with Crippen molar-refractivity contribution in [1.29, 1.82) is 0 Å². The molecule has 2 aliphatic rings. The summed E-state index contributed by atoms with van der Waals surface area (Å²) in [4.78, 5) is 9.71. The molecule has 0 aromatic heterocycles. The maximum absolute atomic E-state index is 5.95. The van der Waals surface area contributed by atoms with Crippen LogP contribution in [0.2, 0.25) is 0 Å². The zero-order chi connectivity index (χ0) is 17.2. The van der Waals surface area contributed by atoms with Gasteiger partial charge in [0.1, 0.15) is 0 Å². The second-order valence-corrected chi connectivity index (χ2v) is 7.02. The van der Waals surface area contributed by atoms with Gasteiger partial charge in [0.2, 0.25) is 0 Å². The van der Waals surface area contributed by atoms with Crippen LogP contribution in [-0.4, -0.2) is 88.5 Å². The molecule has 0 aromatic carbocycles. The highest BCUT2D eigenvalue weighted by Crippen LogP contribution is 2.16. The highest BCUT2D eigenvalue weighted by atomic mass is 127. The smallest absolute Gasteiger partial charge is 0.193 e. The van der Waals surface area contributed by atoms with Gasteiger partial charge in [-0.3, -0.25) is 4.99 Å². The van der Waals surface area contributed by atoms with Gasteiger partial charge in [-0.05, 0) is 52.1 Å². The summed E-state index contributed by atoms with van der Waals surface area (Å²) >= 11 is 0. The average molecular weight is 468 g/mol. The van der Waals surface area contributed by atoms with Crippen LogP contribution in [0, 0.1) is 5.92 Å². The zero-order valence-corrected chi connectivity index (χ0v) is 18.5. The Morgan fingerprint density at radius 1 is 1.16 bits per heavy atom. The molecule has 1 unspecified atom stereocenters. The molecule has 0 bridgehead atoms. The molecule has 2 rings (SSSR count). The normalized spacial score (nSPS) is 22.9. The van der Waals surface area contributed by atoms with Gasteiger partial charge < -0.3 is 24.6 Å². The summed E-state index contributed by atoms with van der Waals surface area (Å²) in [5.41, 5.74) is 0. The topological polar surface area (TPSA) is 49.3 Å². The molecule has 0 amide bonds. The summed E-state index contributed by atoms with van der Waals surface area (Å²) in [5, 5.41) is 3.47. The Morgan fingerprint density at radius 2 is 1.92 bits per heavy atom. The monoisotopic (exact) mass is 468 g/mol. The van der Waals surface area contributed by atoms with E-state index in [2.05, 4.69) is 29.1 Å². The van der Waals surface area contributed by atoms with Gasteiger partial charge in [-0.1, -0.05) is 0 Å². The molecule has 6 nitrogen and oxygen atoms in total. The lowest BCUT2D eigenvalue weighted by atomic mass is 10.1. The molecule has 0 saturated carbocycles. The van der Waals surface area contributed by atoms with Gasteiger partial charge in [0.25, 0.3) is 0 Å². The standard InChI is InChI=1S/C18H36N4O2.HI/c1-4-19-18(20-14-16-6-9-21(2)15-16)22-10-7-17(8-11-22)24-13-5-12-23-3;/h16-17H,4-15H2,1-3H3,(H,19,20);1H. The molecule has 0 aliphatic carbocycles. The van der Waals surface area contributed by atoms with E-state index in [-0.39, 0.29) is 24.0 Å². The van der Waals surface area contributed by atoms with E-state index in [9.17, 15) is 0 Å². The summed E-state index contributed by atoms with van der Waals surface area (Å²) in [6.07, 6.45) is 4.82. The average Bonchev–Trinajstić information content (AvgIpc) is 3.01. The predicted octanol–water partition coefficient (Wildman–Crippen LogP) is 2.04. The molecule has 1 N–H and O–H groups in total. The Labute approximate surface area is 170 Å². The summed E-state index contributed by atoms with van der Waals surface area (Å²) < 4.78 is 11.0. The summed E-state index contributed by atoms with van der Waals surface area (Å²) in [6.45, 7) is 10.1. The minimum Gasteiger partial charge on any atom is -0.385 e. The molecule has 0 spiro atoms. The Balaban J connectivity index is 0.00000312. The molecular formula is C18H37IN4O2. The number of likely N-dealkylation sites (tertiary alicyclic amines) is 2. The van der Waals surface area contributed by atoms with E-state index >= 15 is 0 Å². The van der Waals surface area contributed by atoms with Crippen LogP contribution in [0.5, 0.6) is 0 Å². The lowest BCUT2D eigenvalue weighted by molar-refractivity contribution is 0.00989. The van der Waals surface area contributed by atoms with Crippen molar-refractivity contribution in [1.82, 2.24) is 15.1 Å². The van der Waals surface area contributed by atoms with Gasteiger partial charge in [-0.2, -0.15) is 0 Å². The molecule has 0 radical (unpaired) electrons. The third-order valence-corrected chi connectivity index (χ3v) is 4.91. The highest BCUT2D eigenvalue weighted by Gasteiger charge is 2.23. The molecule has 0 aromatic rings. The molecular weight excluding hydrogens is 431 g/mol. The molecule has 25 heavy (non-hydrogen) atoms. The number of piperidine rings is 1. The van der Waals surface area contributed by atoms with Crippen molar-refractivity contribution in [2.24, 2.45) is 10.9 Å². The maximum atomic E-state index is 5.95. The van der Waals surface area contributed by atoms with Crippen molar-refractivity contribution in [3.63, 3.8) is 0 Å². The highest BCUT2D eigenvalue weighted by molar-refractivity contribution is 14.0. The van der Waals surface area contributed by atoms with E-state index in [4.69, 9.17) is 14.5 Å². The Bertz CT molecular complexity index is 376. The molecule has 2 saturated heterocycles. The quantitative estimate of drug-likeness (QED) is 0.256. The first-order chi connectivity index (χ1) is 11.7.